The summed E-state index contributed by atoms with van der Waals surface area (Å²) in [5, 5.41) is 3.17. The van der Waals surface area contributed by atoms with Gasteiger partial charge in [0, 0.05) is 12.1 Å². The number of sulfonamides is 1. The molecule has 3 aromatic rings. The van der Waals surface area contributed by atoms with Crippen LogP contribution in [-0.4, -0.2) is 50.4 Å². The molecule has 226 valence electrons. The van der Waals surface area contributed by atoms with Crippen molar-refractivity contribution in [1.29, 1.82) is 0 Å². The molecule has 0 saturated heterocycles. The van der Waals surface area contributed by atoms with Gasteiger partial charge in [-0.25, -0.2) is 8.42 Å². The molecule has 42 heavy (non-hydrogen) atoms. The molecule has 0 spiro atoms. The van der Waals surface area contributed by atoms with E-state index in [4.69, 9.17) is 16.3 Å². The van der Waals surface area contributed by atoms with E-state index in [0.29, 0.717) is 12.2 Å². The molecule has 0 saturated carbocycles. The van der Waals surface area contributed by atoms with Crippen LogP contribution in [0.1, 0.15) is 50.8 Å². The van der Waals surface area contributed by atoms with E-state index < -0.39 is 34.1 Å². The van der Waals surface area contributed by atoms with E-state index in [2.05, 4.69) is 5.32 Å². The predicted molar refractivity (Wildman–Crippen MR) is 167 cm³/mol. The van der Waals surface area contributed by atoms with E-state index in [1.54, 1.807) is 24.3 Å². The zero-order chi connectivity index (χ0) is 31.2. The standard InChI is InChI=1S/C32H40ClN3O5S/c1-8-28(31(38)34-32(4,5)6)35(20-24-12-10-9-11-23(24)3)30(37)21-36(25-15-18-29(41-7)27(33)19-25)42(39,40)26-16-13-22(2)14-17-26/h9-19,28H,8,20-21H2,1-7H3,(H,34,38)/t28-/m1/s1. The Morgan fingerprint density at radius 3 is 2.19 bits per heavy atom. The highest BCUT2D eigenvalue weighted by atomic mass is 35.5. The van der Waals surface area contributed by atoms with Crippen molar-refractivity contribution in [2.45, 2.75) is 71.0 Å². The molecule has 8 nitrogen and oxygen atoms in total. The summed E-state index contributed by atoms with van der Waals surface area (Å²) >= 11 is 6.40. The van der Waals surface area contributed by atoms with Crippen LogP contribution in [0.3, 0.4) is 0 Å². The van der Waals surface area contributed by atoms with Gasteiger partial charge in [0.25, 0.3) is 10.0 Å². The number of nitrogens with zero attached hydrogens (tertiary/aromatic N) is 2. The van der Waals surface area contributed by atoms with Gasteiger partial charge in [-0.3, -0.25) is 13.9 Å². The van der Waals surface area contributed by atoms with E-state index in [1.165, 1.54) is 30.2 Å². The van der Waals surface area contributed by atoms with Crippen LogP contribution in [-0.2, 0) is 26.2 Å². The quantitative estimate of drug-likeness (QED) is 0.291. The molecule has 0 radical (unpaired) electrons. The molecular formula is C32H40ClN3O5S. The number of carbonyl (C=O) groups is 2. The number of methoxy groups -OCH3 is 1. The number of ether oxygens (including phenoxy) is 1. The normalized spacial score (nSPS) is 12.4. The molecule has 0 unspecified atom stereocenters. The molecule has 0 heterocycles. The molecule has 0 aliphatic heterocycles. The number of amides is 2. The second-order valence-corrected chi connectivity index (χ2v) is 13.5. The lowest BCUT2D eigenvalue weighted by atomic mass is 10.0. The van der Waals surface area contributed by atoms with Crippen molar-refractivity contribution in [1.82, 2.24) is 10.2 Å². The highest BCUT2D eigenvalue weighted by Gasteiger charge is 2.35. The minimum atomic E-state index is -4.21. The van der Waals surface area contributed by atoms with Crippen molar-refractivity contribution in [3.63, 3.8) is 0 Å². The van der Waals surface area contributed by atoms with Crippen molar-refractivity contribution < 1.29 is 22.7 Å². The number of benzene rings is 3. The molecule has 3 aromatic carbocycles. The molecular weight excluding hydrogens is 574 g/mol. The molecule has 0 aromatic heterocycles. The molecule has 0 fully saturated rings. The van der Waals surface area contributed by atoms with Crippen molar-refractivity contribution in [3.8, 4) is 5.75 Å². The van der Waals surface area contributed by atoms with Gasteiger partial charge < -0.3 is 15.0 Å². The van der Waals surface area contributed by atoms with Crippen LogP contribution >= 0.6 is 11.6 Å². The maximum absolute atomic E-state index is 14.2. The van der Waals surface area contributed by atoms with Gasteiger partial charge in [-0.05, 0) is 82.5 Å². The smallest absolute Gasteiger partial charge is 0.264 e. The Balaban J connectivity index is 2.12. The lowest BCUT2D eigenvalue weighted by Crippen LogP contribution is -2.55. The zero-order valence-corrected chi connectivity index (χ0v) is 26.8. The average Bonchev–Trinajstić information content (AvgIpc) is 2.91. The maximum Gasteiger partial charge on any atom is 0.264 e. The van der Waals surface area contributed by atoms with Crippen LogP contribution in [0.4, 0.5) is 5.69 Å². The number of hydrogen-bond donors (Lipinski definition) is 1. The van der Waals surface area contributed by atoms with Crippen LogP contribution in [0.25, 0.3) is 0 Å². The van der Waals surface area contributed by atoms with E-state index in [9.17, 15) is 18.0 Å². The van der Waals surface area contributed by atoms with Crippen molar-refractivity contribution >= 4 is 39.1 Å². The van der Waals surface area contributed by atoms with Gasteiger partial charge in [0.05, 0.1) is 22.7 Å². The van der Waals surface area contributed by atoms with Gasteiger partial charge in [0.15, 0.2) is 0 Å². The lowest BCUT2D eigenvalue weighted by Gasteiger charge is -2.35. The first-order valence-corrected chi connectivity index (χ1v) is 15.6. The molecule has 2 amide bonds. The monoisotopic (exact) mass is 613 g/mol. The van der Waals surface area contributed by atoms with Crippen molar-refractivity contribution in [2.24, 2.45) is 0 Å². The van der Waals surface area contributed by atoms with Crippen molar-refractivity contribution in [3.05, 3.63) is 88.4 Å². The highest BCUT2D eigenvalue weighted by molar-refractivity contribution is 7.92. The second-order valence-electron chi connectivity index (χ2n) is 11.3. The number of hydrogen-bond acceptors (Lipinski definition) is 5. The SMILES string of the molecule is CC[C@H](C(=O)NC(C)(C)C)N(Cc1ccccc1C)C(=O)CN(c1ccc(OC)c(Cl)c1)S(=O)(=O)c1ccc(C)cc1. The summed E-state index contributed by atoms with van der Waals surface area (Å²) in [6, 6.07) is 17.7. The molecule has 0 aliphatic rings. The molecule has 1 N–H and O–H groups in total. The molecule has 3 rings (SSSR count). The lowest BCUT2D eigenvalue weighted by molar-refractivity contribution is -0.141. The molecule has 10 heteroatoms. The third-order valence-corrected chi connectivity index (χ3v) is 8.88. The van der Waals surface area contributed by atoms with Gasteiger partial charge >= 0.3 is 0 Å². The summed E-state index contributed by atoms with van der Waals surface area (Å²) in [5.74, 6) is -0.477. The highest BCUT2D eigenvalue weighted by Crippen LogP contribution is 2.32. The first kappa shape index (κ1) is 32.9. The van der Waals surface area contributed by atoms with Gasteiger partial charge in [0.1, 0.15) is 18.3 Å². The maximum atomic E-state index is 14.2. The Labute approximate surface area is 254 Å². The Morgan fingerprint density at radius 2 is 1.64 bits per heavy atom. The summed E-state index contributed by atoms with van der Waals surface area (Å²) in [6.45, 7) is 10.8. The fourth-order valence-electron chi connectivity index (χ4n) is 4.52. The average molecular weight is 614 g/mol. The van der Waals surface area contributed by atoms with E-state index in [1.807, 2.05) is 65.8 Å². The van der Waals surface area contributed by atoms with Crippen LogP contribution in [0, 0.1) is 13.8 Å². The van der Waals surface area contributed by atoms with Gasteiger partial charge in [-0.2, -0.15) is 0 Å². The van der Waals surface area contributed by atoms with Gasteiger partial charge in [0.2, 0.25) is 11.8 Å². The third-order valence-electron chi connectivity index (χ3n) is 6.80. The largest absolute Gasteiger partial charge is 0.495 e. The number of rotatable bonds is 11. The first-order valence-electron chi connectivity index (χ1n) is 13.8. The number of carbonyl (C=O) groups excluding carboxylic acids is 2. The zero-order valence-electron chi connectivity index (χ0n) is 25.3. The molecule has 0 bridgehead atoms. The molecule has 0 aliphatic carbocycles. The van der Waals surface area contributed by atoms with Crippen LogP contribution < -0.4 is 14.4 Å². The summed E-state index contributed by atoms with van der Waals surface area (Å²) in [6.07, 6.45) is 0.332. The topological polar surface area (TPSA) is 96.0 Å². The minimum Gasteiger partial charge on any atom is -0.495 e. The Hall–Kier alpha value is -3.56. The van der Waals surface area contributed by atoms with Crippen LogP contribution in [0.2, 0.25) is 5.02 Å². The van der Waals surface area contributed by atoms with E-state index in [0.717, 1.165) is 21.0 Å². The summed E-state index contributed by atoms with van der Waals surface area (Å²) in [5.41, 5.74) is 2.37. The Bertz CT molecular complexity index is 1520. The summed E-state index contributed by atoms with van der Waals surface area (Å²) in [4.78, 5) is 29.2. The van der Waals surface area contributed by atoms with Crippen LogP contribution in [0.15, 0.2) is 71.6 Å². The summed E-state index contributed by atoms with van der Waals surface area (Å²) < 4.78 is 34.4. The van der Waals surface area contributed by atoms with E-state index in [-0.39, 0.29) is 28.1 Å². The number of halogens is 1. The number of anilines is 1. The first-order chi connectivity index (χ1) is 19.7. The van der Waals surface area contributed by atoms with Gasteiger partial charge in [-0.15, -0.1) is 0 Å². The van der Waals surface area contributed by atoms with E-state index >= 15 is 0 Å². The number of aryl methyl sites for hydroxylation is 2. The Kier molecular flexibility index (Phi) is 10.7. The fourth-order valence-corrected chi connectivity index (χ4v) is 6.18. The summed E-state index contributed by atoms with van der Waals surface area (Å²) in [7, 11) is -2.75. The predicted octanol–water partition coefficient (Wildman–Crippen LogP) is 5.88. The number of nitrogens with one attached hydrogen (secondary N) is 1. The second kappa shape index (κ2) is 13.6. The van der Waals surface area contributed by atoms with Crippen LogP contribution in [0.5, 0.6) is 5.75 Å². The molecule has 1 atom stereocenters. The third kappa shape index (κ3) is 8.04. The van der Waals surface area contributed by atoms with Gasteiger partial charge in [-0.1, -0.05) is 60.5 Å². The fraction of sp³-hybridized carbons (Fsp3) is 0.375. The minimum absolute atomic E-state index is 0.0239. The Morgan fingerprint density at radius 1 is 1.00 bits per heavy atom. The van der Waals surface area contributed by atoms with Crippen molar-refractivity contribution in [2.75, 3.05) is 18.0 Å².